The molecule has 5 nitrogen and oxygen atoms in total. The van der Waals surface area contributed by atoms with Crippen LogP contribution in [0.25, 0.3) is 0 Å². The first-order valence-corrected chi connectivity index (χ1v) is 10.3. The van der Waals surface area contributed by atoms with Gasteiger partial charge in [0, 0.05) is 22.8 Å². The normalized spacial score (nSPS) is 16.5. The lowest BCUT2D eigenvalue weighted by Crippen LogP contribution is -2.47. The summed E-state index contributed by atoms with van der Waals surface area (Å²) >= 11 is 6.06. The fourth-order valence-electron chi connectivity index (χ4n) is 3.94. The maximum absolute atomic E-state index is 12.9. The molecule has 0 N–H and O–H groups in total. The average Bonchev–Trinajstić information content (AvgIpc) is 2.76. The Morgan fingerprint density at radius 2 is 1.55 bits per heavy atom. The lowest BCUT2D eigenvalue weighted by Gasteiger charge is -2.40. The topological polar surface area (TPSA) is 55.8 Å². The molecular weight excluding hydrogens is 414 g/mol. The average molecular weight is 440 g/mol. The van der Waals surface area contributed by atoms with Gasteiger partial charge >= 0.3 is 11.9 Å². The highest BCUT2D eigenvalue weighted by Crippen LogP contribution is 2.38. The Labute approximate surface area is 187 Å². The third kappa shape index (κ3) is 4.52. The van der Waals surface area contributed by atoms with Gasteiger partial charge in [-0.05, 0) is 61.7 Å². The number of aryl methyl sites for hydroxylation is 1. The van der Waals surface area contributed by atoms with Crippen LogP contribution in [-0.2, 0) is 25.5 Å². The molecule has 1 atom stereocenters. The van der Waals surface area contributed by atoms with Gasteiger partial charge in [-0.25, -0.2) is 9.59 Å². The number of allylic oxidation sites excluding steroid dienone is 1. The number of rotatable bonds is 5. The van der Waals surface area contributed by atoms with Crippen LogP contribution in [0.4, 0.5) is 5.69 Å². The van der Waals surface area contributed by atoms with Gasteiger partial charge in [0.1, 0.15) is 0 Å². The number of halogens is 1. The molecule has 1 aliphatic heterocycles. The molecule has 1 heterocycles. The van der Waals surface area contributed by atoms with Gasteiger partial charge in [0.15, 0.2) is 6.04 Å². The zero-order valence-electron chi connectivity index (χ0n) is 18.4. The van der Waals surface area contributed by atoms with Gasteiger partial charge < -0.3 is 14.4 Å². The van der Waals surface area contributed by atoms with E-state index in [-0.39, 0.29) is 0 Å². The number of hydrogen-bond acceptors (Lipinski definition) is 5. The maximum Gasteiger partial charge on any atom is 0.338 e. The van der Waals surface area contributed by atoms with E-state index in [1.807, 2.05) is 67.3 Å². The molecule has 0 saturated carbocycles. The van der Waals surface area contributed by atoms with Crippen molar-refractivity contribution in [2.75, 3.05) is 19.1 Å². The highest BCUT2D eigenvalue weighted by molar-refractivity contribution is 6.30. The lowest BCUT2D eigenvalue weighted by molar-refractivity contribution is -0.141. The van der Waals surface area contributed by atoms with Crippen LogP contribution in [0.3, 0.4) is 0 Å². The molecular formula is C25H26ClNO4. The van der Waals surface area contributed by atoms with E-state index in [1.165, 1.54) is 14.2 Å². The van der Waals surface area contributed by atoms with E-state index < -0.39 is 18.0 Å². The number of carbonyl (C=O) groups is 2. The second kappa shape index (κ2) is 9.40. The number of hydrogen-bond donors (Lipinski definition) is 0. The molecule has 1 unspecified atom stereocenters. The van der Waals surface area contributed by atoms with Crippen molar-refractivity contribution in [1.29, 1.82) is 0 Å². The van der Waals surface area contributed by atoms with Gasteiger partial charge in [-0.15, -0.1) is 0 Å². The van der Waals surface area contributed by atoms with Crippen LogP contribution in [-0.4, -0.2) is 32.2 Å². The SMILES string of the molecule is COC(=O)C1=C(C)C(C(=O)OC)N(c2ccc(C)cc2)C(Cc2ccc(Cl)cc2)=C1C. The number of anilines is 1. The van der Waals surface area contributed by atoms with Gasteiger partial charge in [0.2, 0.25) is 0 Å². The Bertz CT molecular complexity index is 1050. The molecule has 0 aromatic heterocycles. The summed E-state index contributed by atoms with van der Waals surface area (Å²) in [6, 6.07) is 14.7. The summed E-state index contributed by atoms with van der Waals surface area (Å²) in [7, 11) is 2.69. The Balaban J connectivity index is 2.24. The first-order valence-electron chi connectivity index (χ1n) is 9.95. The van der Waals surface area contributed by atoms with Gasteiger partial charge in [0.05, 0.1) is 19.8 Å². The Morgan fingerprint density at radius 3 is 2.10 bits per heavy atom. The first-order chi connectivity index (χ1) is 14.8. The van der Waals surface area contributed by atoms with Crippen molar-refractivity contribution in [2.24, 2.45) is 0 Å². The molecule has 162 valence electrons. The Kier molecular flexibility index (Phi) is 6.86. The lowest BCUT2D eigenvalue weighted by atomic mass is 9.87. The van der Waals surface area contributed by atoms with E-state index in [1.54, 1.807) is 6.92 Å². The molecule has 2 aromatic carbocycles. The van der Waals surface area contributed by atoms with E-state index in [0.29, 0.717) is 22.6 Å². The first kappa shape index (κ1) is 22.6. The fraction of sp³-hybridized carbons (Fsp3) is 0.280. The molecule has 0 amide bonds. The van der Waals surface area contributed by atoms with E-state index in [0.717, 1.165) is 28.1 Å². The zero-order valence-corrected chi connectivity index (χ0v) is 19.1. The second-order valence-corrected chi connectivity index (χ2v) is 7.99. The summed E-state index contributed by atoms with van der Waals surface area (Å²) in [5, 5.41) is 0.645. The quantitative estimate of drug-likeness (QED) is 0.612. The molecule has 0 saturated heterocycles. The van der Waals surface area contributed by atoms with E-state index >= 15 is 0 Å². The Hall–Kier alpha value is -3.05. The van der Waals surface area contributed by atoms with Gasteiger partial charge in [-0.1, -0.05) is 41.4 Å². The molecule has 6 heteroatoms. The highest BCUT2D eigenvalue weighted by atomic mass is 35.5. The minimum atomic E-state index is -0.784. The predicted molar refractivity (Wildman–Crippen MR) is 122 cm³/mol. The van der Waals surface area contributed by atoms with Crippen molar-refractivity contribution in [2.45, 2.75) is 33.2 Å². The largest absolute Gasteiger partial charge is 0.467 e. The molecule has 3 rings (SSSR count). The van der Waals surface area contributed by atoms with Crippen LogP contribution in [0.1, 0.15) is 25.0 Å². The summed E-state index contributed by atoms with van der Waals surface area (Å²) in [6.07, 6.45) is 0.498. The number of carbonyl (C=O) groups excluding carboxylic acids is 2. The number of benzene rings is 2. The van der Waals surface area contributed by atoms with Crippen molar-refractivity contribution in [3.63, 3.8) is 0 Å². The molecule has 31 heavy (non-hydrogen) atoms. The van der Waals surface area contributed by atoms with Crippen LogP contribution in [0.2, 0.25) is 5.02 Å². The van der Waals surface area contributed by atoms with E-state index in [4.69, 9.17) is 21.1 Å². The maximum atomic E-state index is 12.9. The van der Waals surface area contributed by atoms with Gasteiger partial charge in [-0.2, -0.15) is 0 Å². The van der Waals surface area contributed by atoms with Crippen LogP contribution in [0.5, 0.6) is 0 Å². The van der Waals surface area contributed by atoms with Crippen molar-refractivity contribution in [3.8, 4) is 0 Å². The fourth-order valence-corrected chi connectivity index (χ4v) is 4.07. The molecule has 0 bridgehead atoms. The minimum absolute atomic E-state index is 0.408. The monoisotopic (exact) mass is 439 g/mol. The summed E-state index contributed by atoms with van der Waals surface area (Å²) in [5.41, 5.74) is 5.54. The summed E-state index contributed by atoms with van der Waals surface area (Å²) < 4.78 is 10.2. The van der Waals surface area contributed by atoms with E-state index in [9.17, 15) is 9.59 Å². The number of nitrogens with zero attached hydrogens (tertiary/aromatic N) is 1. The number of ether oxygens (including phenoxy) is 2. The summed E-state index contributed by atoms with van der Waals surface area (Å²) in [4.78, 5) is 27.6. The molecule has 2 aromatic rings. The molecule has 0 radical (unpaired) electrons. The molecule has 1 aliphatic rings. The third-order valence-electron chi connectivity index (χ3n) is 5.57. The predicted octanol–water partition coefficient (Wildman–Crippen LogP) is 5.02. The third-order valence-corrected chi connectivity index (χ3v) is 5.82. The van der Waals surface area contributed by atoms with E-state index in [2.05, 4.69) is 0 Å². The van der Waals surface area contributed by atoms with Crippen molar-refractivity contribution >= 4 is 29.2 Å². The smallest absolute Gasteiger partial charge is 0.338 e. The van der Waals surface area contributed by atoms with Crippen LogP contribution in [0, 0.1) is 6.92 Å². The summed E-state index contributed by atoms with van der Waals surface area (Å²) in [5.74, 6) is -0.915. The molecule has 0 aliphatic carbocycles. The van der Waals surface area contributed by atoms with Crippen molar-refractivity contribution < 1.29 is 19.1 Å². The van der Waals surface area contributed by atoms with Crippen LogP contribution in [0.15, 0.2) is 70.9 Å². The summed E-state index contributed by atoms with van der Waals surface area (Å²) in [6.45, 7) is 5.67. The molecule has 0 fully saturated rings. The van der Waals surface area contributed by atoms with Crippen molar-refractivity contribution in [3.05, 3.63) is 87.1 Å². The highest BCUT2D eigenvalue weighted by Gasteiger charge is 2.39. The number of esters is 2. The minimum Gasteiger partial charge on any atom is -0.467 e. The zero-order chi connectivity index (χ0) is 22.7. The van der Waals surface area contributed by atoms with Gasteiger partial charge in [0.25, 0.3) is 0 Å². The molecule has 0 spiro atoms. The van der Waals surface area contributed by atoms with Crippen molar-refractivity contribution in [1.82, 2.24) is 0 Å². The van der Waals surface area contributed by atoms with Crippen LogP contribution >= 0.6 is 11.6 Å². The number of methoxy groups -OCH3 is 2. The Morgan fingerprint density at radius 1 is 0.935 bits per heavy atom. The second-order valence-electron chi connectivity index (χ2n) is 7.56. The standard InChI is InChI=1S/C25H26ClNO4/c1-15-6-12-20(13-7-15)27-21(14-18-8-10-19(26)11-9-18)16(2)22(24(28)30-4)17(3)23(27)25(29)31-5/h6-13,23H,14H2,1-5H3. The van der Waals surface area contributed by atoms with Crippen LogP contribution < -0.4 is 4.90 Å². The van der Waals surface area contributed by atoms with Gasteiger partial charge in [-0.3, -0.25) is 0 Å².